The van der Waals surface area contributed by atoms with Crippen LogP contribution in [0.5, 0.6) is 0 Å². The third kappa shape index (κ3) is 3.82. The molecule has 0 fully saturated rings. The molecular formula is C25H36BiNO2. The molecule has 2 aromatic rings. The van der Waals surface area contributed by atoms with Crippen molar-refractivity contribution in [3.05, 3.63) is 59.9 Å². The van der Waals surface area contributed by atoms with Crippen LogP contribution in [-0.2, 0) is 16.8 Å². The Balaban J connectivity index is 2.32. The van der Waals surface area contributed by atoms with E-state index in [1.807, 2.05) is 0 Å². The predicted octanol–water partition coefficient (Wildman–Crippen LogP) is 5.54. The Morgan fingerprint density at radius 3 is 1.41 bits per heavy atom. The summed E-state index contributed by atoms with van der Waals surface area (Å²) < 4.78 is 15.7. The summed E-state index contributed by atoms with van der Waals surface area (Å²) in [5.74, 6) is 1.17. The van der Waals surface area contributed by atoms with Crippen molar-refractivity contribution < 1.29 is 5.63 Å². The molecule has 4 heteroatoms. The molecule has 0 unspecified atom stereocenters. The first kappa shape index (κ1) is 22.8. The summed E-state index contributed by atoms with van der Waals surface area (Å²) in [6.07, 6.45) is 0. The van der Waals surface area contributed by atoms with Gasteiger partial charge in [-0.25, -0.2) is 0 Å². The number of nitrogens with zero attached hydrogens (tertiary/aromatic N) is 1. The summed E-state index contributed by atoms with van der Waals surface area (Å²) in [5, 5.41) is 0. The number of fused-ring (bicyclic) bond motifs is 2. The first-order valence-electron chi connectivity index (χ1n) is 10.9. The SMILES string of the molecule is CC(C)C1(C(C)C)[O][Bi]([c]2ccccc2)[O]C(C(C)C)(C(C)C)c2cccc1n2. The van der Waals surface area contributed by atoms with Crippen molar-refractivity contribution in [1.29, 1.82) is 0 Å². The van der Waals surface area contributed by atoms with Gasteiger partial charge >= 0.3 is 187 Å². The monoisotopic (exact) mass is 591 g/mol. The van der Waals surface area contributed by atoms with Gasteiger partial charge in [-0.2, -0.15) is 0 Å². The quantitative estimate of drug-likeness (QED) is 0.429. The fourth-order valence-corrected chi connectivity index (χ4v) is 13.6. The van der Waals surface area contributed by atoms with E-state index in [1.54, 1.807) is 0 Å². The second-order valence-electron chi connectivity index (χ2n) is 9.39. The van der Waals surface area contributed by atoms with Crippen LogP contribution in [0.15, 0.2) is 48.5 Å². The van der Waals surface area contributed by atoms with Crippen LogP contribution in [0.3, 0.4) is 0 Å². The van der Waals surface area contributed by atoms with Crippen molar-refractivity contribution in [3.63, 3.8) is 0 Å². The van der Waals surface area contributed by atoms with Gasteiger partial charge in [-0.05, 0) is 0 Å². The summed E-state index contributed by atoms with van der Waals surface area (Å²) in [4.78, 5) is 5.24. The van der Waals surface area contributed by atoms with Gasteiger partial charge in [0.1, 0.15) is 0 Å². The summed E-state index contributed by atoms with van der Waals surface area (Å²) in [6.45, 7) is 18.0. The maximum atomic E-state index is 7.20. The number of hydrogen-bond donors (Lipinski definition) is 0. The van der Waals surface area contributed by atoms with Crippen molar-refractivity contribution >= 4 is 25.9 Å². The molecule has 1 aromatic carbocycles. The maximum absolute atomic E-state index is 7.20. The summed E-state index contributed by atoms with van der Waals surface area (Å²) in [7, 11) is 0. The van der Waals surface area contributed by atoms with Gasteiger partial charge in [0.15, 0.2) is 0 Å². The zero-order valence-corrected chi connectivity index (χ0v) is 22.6. The Hall–Kier alpha value is -0.827. The average molecular weight is 592 g/mol. The van der Waals surface area contributed by atoms with Crippen molar-refractivity contribution in [2.24, 2.45) is 23.7 Å². The van der Waals surface area contributed by atoms with Gasteiger partial charge in [-0.3, -0.25) is 0 Å². The Kier molecular flexibility index (Phi) is 6.88. The fourth-order valence-electron chi connectivity index (χ4n) is 4.85. The molecule has 0 N–H and O–H groups in total. The normalized spacial score (nSPS) is 19.0. The number of aromatic nitrogens is 1. The van der Waals surface area contributed by atoms with Gasteiger partial charge in [-0.1, -0.05) is 0 Å². The molecule has 29 heavy (non-hydrogen) atoms. The molecule has 0 atom stereocenters. The molecule has 0 saturated carbocycles. The van der Waals surface area contributed by atoms with E-state index in [4.69, 9.17) is 10.6 Å². The second kappa shape index (κ2) is 8.73. The van der Waals surface area contributed by atoms with E-state index in [0.717, 1.165) is 11.4 Å². The first-order chi connectivity index (χ1) is 13.7. The van der Waals surface area contributed by atoms with Crippen molar-refractivity contribution in [2.45, 2.75) is 66.6 Å². The zero-order chi connectivity index (χ0) is 21.4. The number of hydrogen-bond acceptors (Lipinski definition) is 3. The molecule has 0 spiro atoms. The van der Waals surface area contributed by atoms with Gasteiger partial charge in [-0.15, -0.1) is 0 Å². The predicted molar refractivity (Wildman–Crippen MR) is 121 cm³/mol. The minimum atomic E-state index is -3.08. The van der Waals surface area contributed by atoms with Crippen LogP contribution in [-0.4, -0.2) is 27.6 Å². The fraction of sp³-hybridized carbons (Fsp3) is 0.560. The number of pyridine rings is 1. The van der Waals surface area contributed by atoms with Crippen LogP contribution in [0.4, 0.5) is 0 Å². The summed E-state index contributed by atoms with van der Waals surface area (Å²) >= 11 is -3.08. The first-order valence-corrected chi connectivity index (χ1v) is 15.4. The zero-order valence-electron chi connectivity index (χ0n) is 19.1. The van der Waals surface area contributed by atoms with E-state index in [0.29, 0.717) is 23.7 Å². The summed E-state index contributed by atoms with van der Waals surface area (Å²) in [5.41, 5.74) is 1.24. The molecule has 2 bridgehead atoms. The van der Waals surface area contributed by atoms with Crippen LogP contribution in [0.2, 0.25) is 0 Å². The van der Waals surface area contributed by atoms with E-state index in [1.165, 1.54) is 3.27 Å². The molecule has 0 radical (unpaired) electrons. The van der Waals surface area contributed by atoms with Gasteiger partial charge < -0.3 is 0 Å². The number of benzene rings is 1. The Bertz CT molecular complexity index is 755. The Morgan fingerprint density at radius 1 is 0.621 bits per heavy atom. The molecule has 1 aliphatic rings. The molecule has 1 aliphatic heterocycles. The van der Waals surface area contributed by atoms with Gasteiger partial charge in [0.25, 0.3) is 0 Å². The van der Waals surface area contributed by atoms with Crippen LogP contribution in [0.1, 0.15) is 66.8 Å². The van der Waals surface area contributed by atoms with Crippen molar-refractivity contribution in [2.75, 3.05) is 0 Å². The van der Waals surface area contributed by atoms with Crippen LogP contribution in [0, 0.1) is 23.7 Å². The molecule has 0 aliphatic carbocycles. The third-order valence-electron chi connectivity index (χ3n) is 6.42. The van der Waals surface area contributed by atoms with E-state index in [-0.39, 0.29) is 0 Å². The van der Waals surface area contributed by atoms with E-state index in [9.17, 15) is 0 Å². The summed E-state index contributed by atoms with van der Waals surface area (Å²) in [6, 6.07) is 17.1. The van der Waals surface area contributed by atoms with Crippen LogP contribution in [0.25, 0.3) is 0 Å². The molecule has 2 heterocycles. The second-order valence-corrected chi connectivity index (χ2v) is 14.8. The van der Waals surface area contributed by atoms with Crippen molar-refractivity contribution in [1.82, 2.24) is 4.98 Å². The Morgan fingerprint density at radius 2 is 1.03 bits per heavy atom. The van der Waals surface area contributed by atoms with Crippen LogP contribution < -0.4 is 3.27 Å². The van der Waals surface area contributed by atoms with Crippen LogP contribution >= 0.6 is 0 Å². The van der Waals surface area contributed by atoms with Gasteiger partial charge in [0, 0.05) is 0 Å². The minimum absolute atomic E-state index is 0.292. The van der Waals surface area contributed by atoms with Gasteiger partial charge in [0.05, 0.1) is 0 Å². The topological polar surface area (TPSA) is 31.4 Å². The number of rotatable bonds is 5. The standard InChI is InChI=1S/C19H31NO2.C6H5.Bi/c1-12(2)18(21,13(3)4)16-10-9-11-17(20-16)19(22,14(5)6)15(7)8;1-2-4-6-5-3-1;/h9-15H,1-8H3;1-5H;/q-2;;+2. The van der Waals surface area contributed by atoms with Gasteiger partial charge in [0.2, 0.25) is 0 Å². The third-order valence-corrected chi connectivity index (χ3v) is 12.9. The molecule has 0 saturated heterocycles. The van der Waals surface area contributed by atoms with E-state index < -0.39 is 33.8 Å². The molecule has 158 valence electrons. The molecule has 0 amide bonds. The molecule has 3 rings (SSSR count). The Labute approximate surface area is 186 Å². The average Bonchev–Trinajstić information content (AvgIpc) is 2.67. The molecule has 3 nitrogen and oxygen atoms in total. The molecule has 1 aromatic heterocycles. The molecular weight excluding hydrogens is 555 g/mol. The van der Waals surface area contributed by atoms with Crippen molar-refractivity contribution in [3.8, 4) is 0 Å². The van der Waals surface area contributed by atoms with E-state index in [2.05, 4.69) is 104 Å². The van der Waals surface area contributed by atoms with E-state index >= 15 is 0 Å².